The van der Waals surface area contributed by atoms with Crippen molar-refractivity contribution in [3.05, 3.63) is 65.5 Å². The van der Waals surface area contributed by atoms with Gasteiger partial charge in [-0.3, -0.25) is 9.78 Å². The molecule has 4 heteroatoms. The summed E-state index contributed by atoms with van der Waals surface area (Å²) in [5.74, 6) is 0.755. The highest BCUT2D eigenvalue weighted by Gasteiger charge is 2.42. The van der Waals surface area contributed by atoms with Gasteiger partial charge >= 0.3 is 0 Å². The Balaban J connectivity index is 1.44. The number of piperidine rings is 2. The second-order valence-corrected chi connectivity index (χ2v) is 8.69. The van der Waals surface area contributed by atoms with Crippen LogP contribution >= 0.6 is 0 Å². The van der Waals surface area contributed by atoms with Crippen molar-refractivity contribution < 1.29 is 4.79 Å². The normalized spacial score (nSPS) is 22.4. The number of hydrogen-bond acceptors (Lipinski definition) is 3. The number of aryl methyl sites for hydroxylation is 1. The van der Waals surface area contributed by atoms with Gasteiger partial charge in [0.1, 0.15) is 0 Å². The summed E-state index contributed by atoms with van der Waals surface area (Å²) in [7, 11) is 2.25. The van der Waals surface area contributed by atoms with E-state index in [0.29, 0.717) is 11.3 Å². The molecule has 2 aromatic rings. The molecule has 2 aliphatic rings. The molecule has 0 radical (unpaired) electrons. The molecule has 0 saturated carbocycles. The number of likely N-dealkylation sites (N-methyl/N-ethyl adjacent to an activating group) is 1. The molecule has 0 bridgehead atoms. The highest BCUT2D eigenvalue weighted by Crippen LogP contribution is 2.44. The van der Waals surface area contributed by atoms with Crippen LogP contribution in [0.3, 0.4) is 0 Å². The smallest absolute Gasteiger partial charge is 0.253 e. The molecule has 1 spiro atoms. The number of rotatable bonds is 3. The van der Waals surface area contributed by atoms with Gasteiger partial charge in [-0.05, 0) is 61.8 Å². The fourth-order valence-corrected chi connectivity index (χ4v) is 5.15. The van der Waals surface area contributed by atoms with E-state index in [0.717, 1.165) is 56.7 Å². The average Bonchev–Trinajstić information content (AvgIpc) is 2.74. The summed E-state index contributed by atoms with van der Waals surface area (Å²) in [6.07, 6.45) is 6.05. The first-order chi connectivity index (χ1) is 13.6. The summed E-state index contributed by atoms with van der Waals surface area (Å²) in [5.41, 5.74) is 3.55. The standard InChI is InChI=1S/C24H31N3O/c1-3-22-15-20(9-12-25-22)23(28)27-13-10-24(11-14-27)16-21(17-26(2)18-24)19-7-5-4-6-8-19/h4-9,12,15,21H,3,10-11,13-14,16-18H2,1-2H3. The molecular weight excluding hydrogens is 346 g/mol. The predicted octanol–water partition coefficient (Wildman–Crippen LogP) is 3.99. The lowest BCUT2D eigenvalue weighted by molar-refractivity contribution is 0.0224. The minimum Gasteiger partial charge on any atom is -0.339 e. The van der Waals surface area contributed by atoms with Gasteiger partial charge in [-0.1, -0.05) is 37.3 Å². The van der Waals surface area contributed by atoms with Gasteiger partial charge in [0, 0.05) is 43.6 Å². The number of nitrogens with zero attached hydrogens (tertiary/aromatic N) is 3. The van der Waals surface area contributed by atoms with E-state index in [9.17, 15) is 4.79 Å². The van der Waals surface area contributed by atoms with E-state index in [4.69, 9.17) is 0 Å². The molecule has 3 heterocycles. The van der Waals surface area contributed by atoms with Crippen molar-refractivity contribution in [1.29, 1.82) is 0 Å². The van der Waals surface area contributed by atoms with Crippen LogP contribution in [-0.4, -0.2) is 53.9 Å². The van der Waals surface area contributed by atoms with Crippen molar-refractivity contribution in [3.63, 3.8) is 0 Å². The largest absolute Gasteiger partial charge is 0.339 e. The summed E-state index contributed by atoms with van der Waals surface area (Å²) in [6.45, 7) is 6.07. The lowest BCUT2D eigenvalue weighted by Gasteiger charge is -2.49. The third-order valence-electron chi connectivity index (χ3n) is 6.62. The molecular formula is C24H31N3O. The van der Waals surface area contributed by atoms with Crippen LogP contribution in [-0.2, 0) is 6.42 Å². The molecule has 4 rings (SSSR count). The van der Waals surface area contributed by atoms with Crippen LogP contribution in [0.1, 0.15) is 53.7 Å². The van der Waals surface area contributed by atoms with E-state index in [1.165, 1.54) is 12.0 Å². The minimum absolute atomic E-state index is 0.163. The van der Waals surface area contributed by atoms with Crippen LogP contribution in [0.15, 0.2) is 48.7 Å². The van der Waals surface area contributed by atoms with E-state index < -0.39 is 0 Å². The van der Waals surface area contributed by atoms with Crippen LogP contribution in [0.5, 0.6) is 0 Å². The van der Waals surface area contributed by atoms with Gasteiger partial charge in [0.15, 0.2) is 0 Å². The number of hydrogen-bond donors (Lipinski definition) is 0. The summed E-state index contributed by atoms with van der Waals surface area (Å²) in [6, 6.07) is 14.7. The Labute approximate surface area is 168 Å². The third-order valence-corrected chi connectivity index (χ3v) is 6.62. The van der Waals surface area contributed by atoms with E-state index in [2.05, 4.69) is 54.2 Å². The Kier molecular flexibility index (Phi) is 5.49. The Morgan fingerprint density at radius 1 is 1.18 bits per heavy atom. The molecule has 1 unspecified atom stereocenters. The number of carbonyl (C=O) groups excluding carboxylic acids is 1. The molecule has 4 nitrogen and oxygen atoms in total. The first-order valence-electron chi connectivity index (χ1n) is 10.6. The predicted molar refractivity (Wildman–Crippen MR) is 112 cm³/mol. The molecule has 1 aromatic heterocycles. The van der Waals surface area contributed by atoms with Crippen LogP contribution < -0.4 is 0 Å². The van der Waals surface area contributed by atoms with E-state index in [-0.39, 0.29) is 5.91 Å². The van der Waals surface area contributed by atoms with Gasteiger partial charge in [0.25, 0.3) is 5.91 Å². The quantitative estimate of drug-likeness (QED) is 0.812. The summed E-state index contributed by atoms with van der Waals surface area (Å²) < 4.78 is 0. The van der Waals surface area contributed by atoms with Crippen molar-refractivity contribution in [3.8, 4) is 0 Å². The van der Waals surface area contributed by atoms with Crippen molar-refractivity contribution in [2.24, 2.45) is 5.41 Å². The molecule has 28 heavy (non-hydrogen) atoms. The second-order valence-electron chi connectivity index (χ2n) is 8.69. The molecule has 0 aliphatic carbocycles. The molecule has 1 amide bonds. The third kappa shape index (κ3) is 3.97. The van der Waals surface area contributed by atoms with Crippen LogP contribution in [0.25, 0.3) is 0 Å². The Morgan fingerprint density at radius 3 is 2.64 bits per heavy atom. The molecule has 2 fully saturated rings. The van der Waals surface area contributed by atoms with Gasteiger partial charge in [0.05, 0.1) is 0 Å². The fraction of sp³-hybridized carbons (Fsp3) is 0.500. The number of pyridine rings is 1. The Bertz CT molecular complexity index is 812. The summed E-state index contributed by atoms with van der Waals surface area (Å²) in [5, 5.41) is 0. The summed E-state index contributed by atoms with van der Waals surface area (Å²) >= 11 is 0. The maximum absolute atomic E-state index is 13.0. The first-order valence-corrected chi connectivity index (χ1v) is 10.6. The number of benzene rings is 1. The van der Waals surface area contributed by atoms with Crippen LogP contribution in [0.2, 0.25) is 0 Å². The van der Waals surface area contributed by atoms with Gasteiger partial charge in [-0.15, -0.1) is 0 Å². The fourth-order valence-electron chi connectivity index (χ4n) is 5.15. The molecule has 1 aromatic carbocycles. The number of amides is 1. The number of likely N-dealkylation sites (tertiary alicyclic amines) is 2. The van der Waals surface area contributed by atoms with Crippen molar-refractivity contribution in [2.45, 2.75) is 38.5 Å². The zero-order valence-corrected chi connectivity index (χ0v) is 17.1. The van der Waals surface area contributed by atoms with Crippen molar-refractivity contribution in [2.75, 3.05) is 33.2 Å². The first kappa shape index (κ1) is 19.1. The SMILES string of the molecule is CCc1cc(C(=O)N2CCC3(CC2)CC(c2ccccc2)CN(C)C3)ccn1. The van der Waals surface area contributed by atoms with Gasteiger partial charge in [0.2, 0.25) is 0 Å². The van der Waals surface area contributed by atoms with E-state index in [1.54, 1.807) is 6.20 Å². The minimum atomic E-state index is 0.163. The average molecular weight is 378 g/mol. The van der Waals surface area contributed by atoms with E-state index >= 15 is 0 Å². The summed E-state index contributed by atoms with van der Waals surface area (Å²) in [4.78, 5) is 21.8. The molecule has 0 N–H and O–H groups in total. The molecule has 1 atom stereocenters. The topological polar surface area (TPSA) is 36.4 Å². The maximum atomic E-state index is 13.0. The zero-order chi connectivity index (χ0) is 19.6. The van der Waals surface area contributed by atoms with Gasteiger partial charge in [-0.25, -0.2) is 0 Å². The lowest BCUT2D eigenvalue weighted by Crippen LogP contribution is -2.51. The Hall–Kier alpha value is -2.20. The maximum Gasteiger partial charge on any atom is 0.253 e. The molecule has 2 saturated heterocycles. The number of carbonyl (C=O) groups is 1. The lowest BCUT2D eigenvalue weighted by atomic mass is 9.68. The zero-order valence-electron chi connectivity index (χ0n) is 17.1. The monoisotopic (exact) mass is 377 g/mol. The molecule has 148 valence electrons. The second kappa shape index (κ2) is 8.04. The van der Waals surface area contributed by atoms with Crippen LogP contribution in [0.4, 0.5) is 0 Å². The van der Waals surface area contributed by atoms with Gasteiger partial charge < -0.3 is 9.80 Å². The highest BCUT2D eigenvalue weighted by molar-refractivity contribution is 5.94. The number of aromatic nitrogens is 1. The van der Waals surface area contributed by atoms with Crippen LogP contribution in [0, 0.1) is 5.41 Å². The van der Waals surface area contributed by atoms with Gasteiger partial charge in [-0.2, -0.15) is 0 Å². The highest BCUT2D eigenvalue weighted by atomic mass is 16.2. The molecule has 2 aliphatic heterocycles. The van der Waals surface area contributed by atoms with E-state index in [1.807, 2.05) is 17.0 Å². The van der Waals surface area contributed by atoms with Crippen molar-refractivity contribution >= 4 is 5.91 Å². The Morgan fingerprint density at radius 2 is 1.93 bits per heavy atom. The van der Waals surface area contributed by atoms with Crippen molar-refractivity contribution in [1.82, 2.24) is 14.8 Å².